The van der Waals surface area contributed by atoms with Crippen LogP contribution in [0.4, 0.5) is 4.79 Å². The number of carboxylic acid groups (broad SMARTS) is 2. The highest BCUT2D eigenvalue weighted by molar-refractivity contribution is 5.64. The second kappa shape index (κ2) is 11.1. The molecule has 5 N–H and O–H groups in total. The van der Waals surface area contributed by atoms with Gasteiger partial charge in [-0.05, 0) is 30.2 Å². The first-order valence-corrected chi connectivity index (χ1v) is 9.33. The van der Waals surface area contributed by atoms with Crippen LogP contribution in [0.1, 0.15) is 23.6 Å². The van der Waals surface area contributed by atoms with E-state index in [1.807, 2.05) is 24.3 Å². The molecule has 0 fully saturated rings. The Kier molecular flexibility index (Phi) is 8.59. The van der Waals surface area contributed by atoms with Crippen LogP contribution in [0.5, 0.6) is 28.7 Å². The van der Waals surface area contributed by atoms with E-state index in [0.29, 0.717) is 35.8 Å². The Balaban J connectivity index is 0.000000785. The second-order valence-corrected chi connectivity index (χ2v) is 6.59. The molecule has 10 nitrogen and oxygen atoms in total. The largest absolute Gasteiger partial charge is 0.503 e. The van der Waals surface area contributed by atoms with E-state index < -0.39 is 12.3 Å². The SMILES string of the molecule is COc1ccc(C(N)CC(O)Cc2cc(OC)c3c(c2OC)OCO3)cc1.O=C(O)O. The molecule has 0 saturated heterocycles. The Morgan fingerprint density at radius 1 is 1.06 bits per heavy atom. The highest BCUT2D eigenvalue weighted by Gasteiger charge is 2.28. The van der Waals surface area contributed by atoms with E-state index in [4.69, 9.17) is 44.4 Å². The molecular formula is C21H27NO9. The lowest BCUT2D eigenvalue weighted by atomic mass is 9.96. The summed E-state index contributed by atoms with van der Waals surface area (Å²) in [6, 6.07) is 9.02. The zero-order valence-corrected chi connectivity index (χ0v) is 17.5. The van der Waals surface area contributed by atoms with Crippen LogP contribution in [0.2, 0.25) is 0 Å². The zero-order valence-electron chi connectivity index (χ0n) is 17.5. The van der Waals surface area contributed by atoms with Crippen molar-refractivity contribution in [2.24, 2.45) is 5.73 Å². The molecular weight excluding hydrogens is 410 g/mol. The molecule has 170 valence electrons. The third-order valence-electron chi connectivity index (χ3n) is 4.59. The minimum Gasteiger partial charge on any atom is -0.497 e. The van der Waals surface area contributed by atoms with E-state index >= 15 is 0 Å². The summed E-state index contributed by atoms with van der Waals surface area (Å²) in [5.74, 6) is 2.87. The van der Waals surface area contributed by atoms with Gasteiger partial charge in [-0.3, -0.25) is 0 Å². The van der Waals surface area contributed by atoms with Crippen molar-refractivity contribution in [3.63, 3.8) is 0 Å². The number of aliphatic hydroxyl groups excluding tert-OH is 1. The molecule has 0 bridgehead atoms. The van der Waals surface area contributed by atoms with Crippen molar-refractivity contribution in [1.82, 2.24) is 0 Å². The van der Waals surface area contributed by atoms with Gasteiger partial charge in [-0.15, -0.1) is 0 Å². The Morgan fingerprint density at radius 3 is 2.23 bits per heavy atom. The quantitative estimate of drug-likeness (QED) is 0.485. The van der Waals surface area contributed by atoms with E-state index in [-0.39, 0.29) is 12.8 Å². The standard InChI is InChI=1S/C20H25NO6.CH2O3/c1-23-15-6-4-12(5-7-15)16(21)10-14(22)8-13-9-17(24-2)19-20(18(13)25-3)27-11-26-19;2-1(3)4/h4-7,9,14,16,22H,8,10-11,21H2,1-3H3;(H2,2,3,4). The van der Waals surface area contributed by atoms with Crippen LogP contribution < -0.4 is 29.4 Å². The molecule has 2 atom stereocenters. The van der Waals surface area contributed by atoms with Gasteiger partial charge in [-0.1, -0.05) is 12.1 Å². The number of methoxy groups -OCH3 is 3. The summed E-state index contributed by atoms with van der Waals surface area (Å²) in [6.07, 6.45) is -1.76. The lowest BCUT2D eigenvalue weighted by Gasteiger charge is -2.19. The molecule has 2 aromatic carbocycles. The van der Waals surface area contributed by atoms with Crippen molar-refractivity contribution < 1.29 is 43.8 Å². The van der Waals surface area contributed by atoms with Gasteiger partial charge >= 0.3 is 6.16 Å². The number of carbonyl (C=O) groups is 1. The summed E-state index contributed by atoms with van der Waals surface area (Å²) in [5, 5.41) is 24.5. The predicted octanol–water partition coefficient (Wildman–Crippen LogP) is 2.66. The fourth-order valence-corrected chi connectivity index (χ4v) is 3.21. The molecule has 2 unspecified atom stereocenters. The fraction of sp³-hybridized carbons (Fsp3) is 0.381. The van der Waals surface area contributed by atoms with Gasteiger partial charge in [0.25, 0.3) is 0 Å². The summed E-state index contributed by atoms with van der Waals surface area (Å²) in [4.78, 5) is 8.56. The minimum absolute atomic E-state index is 0.108. The molecule has 31 heavy (non-hydrogen) atoms. The number of aliphatic hydroxyl groups is 1. The van der Waals surface area contributed by atoms with Crippen LogP contribution in [0, 0.1) is 0 Å². The maximum Gasteiger partial charge on any atom is 0.503 e. The molecule has 1 aliphatic rings. The van der Waals surface area contributed by atoms with Crippen LogP contribution in [-0.2, 0) is 6.42 Å². The van der Waals surface area contributed by atoms with E-state index in [1.165, 1.54) is 0 Å². The van der Waals surface area contributed by atoms with Crippen molar-refractivity contribution in [2.45, 2.75) is 25.0 Å². The number of hydrogen-bond acceptors (Lipinski definition) is 8. The maximum absolute atomic E-state index is 10.6. The van der Waals surface area contributed by atoms with Crippen LogP contribution in [0.3, 0.4) is 0 Å². The molecule has 1 aliphatic heterocycles. The summed E-state index contributed by atoms with van der Waals surface area (Å²) >= 11 is 0. The van der Waals surface area contributed by atoms with Gasteiger partial charge in [0.1, 0.15) is 5.75 Å². The van der Waals surface area contributed by atoms with Crippen molar-refractivity contribution >= 4 is 6.16 Å². The third kappa shape index (κ3) is 6.30. The van der Waals surface area contributed by atoms with Crippen LogP contribution in [-0.4, -0.2) is 55.7 Å². The number of hydrogen-bond donors (Lipinski definition) is 4. The number of rotatable bonds is 8. The third-order valence-corrected chi connectivity index (χ3v) is 4.59. The smallest absolute Gasteiger partial charge is 0.497 e. The van der Waals surface area contributed by atoms with Crippen LogP contribution >= 0.6 is 0 Å². The average Bonchev–Trinajstić information content (AvgIpc) is 3.22. The Morgan fingerprint density at radius 2 is 1.68 bits per heavy atom. The predicted molar refractivity (Wildman–Crippen MR) is 111 cm³/mol. The monoisotopic (exact) mass is 437 g/mol. The van der Waals surface area contributed by atoms with E-state index in [9.17, 15) is 5.11 Å². The fourth-order valence-electron chi connectivity index (χ4n) is 3.21. The van der Waals surface area contributed by atoms with Crippen molar-refractivity contribution in [1.29, 1.82) is 0 Å². The van der Waals surface area contributed by atoms with Crippen LogP contribution in [0.25, 0.3) is 0 Å². The molecule has 0 spiro atoms. The van der Waals surface area contributed by atoms with Gasteiger partial charge < -0.3 is 44.7 Å². The Labute approximate surface area is 179 Å². The number of fused-ring (bicyclic) bond motifs is 1. The molecule has 1 heterocycles. The summed E-state index contributed by atoms with van der Waals surface area (Å²) in [5.41, 5.74) is 7.96. The van der Waals surface area contributed by atoms with Crippen molar-refractivity contribution in [3.05, 3.63) is 41.5 Å². The summed E-state index contributed by atoms with van der Waals surface area (Å²) in [7, 11) is 4.73. The summed E-state index contributed by atoms with van der Waals surface area (Å²) < 4.78 is 27.0. The first-order chi connectivity index (χ1) is 14.8. The molecule has 0 aromatic heterocycles. The zero-order chi connectivity index (χ0) is 23.0. The minimum atomic E-state index is -1.83. The molecule has 0 radical (unpaired) electrons. The topological polar surface area (TPSA) is 150 Å². The molecule has 3 rings (SSSR count). The highest BCUT2D eigenvalue weighted by atomic mass is 16.7. The van der Waals surface area contributed by atoms with E-state index in [0.717, 1.165) is 16.9 Å². The van der Waals surface area contributed by atoms with Gasteiger partial charge in [0.2, 0.25) is 18.3 Å². The van der Waals surface area contributed by atoms with Crippen LogP contribution in [0.15, 0.2) is 30.3 Å². The van der Waals surface area contributed by atoms with E-state index in [1.54, 1.807) is 27.4 Å². The van der Waals surface area contributed by atoms with Gasteiger partial charge in [0.05, 0.1) is 27.4 Å². The van der Waals surface area contributed by atoms with Gasteiger partial charge in [-0.2, -0.15) is 0 Å². The lowest BCUT2D eigenvalue weighted by Crippen LogP contribution is -2.21. The molecule has 0 aliphatic carbocycles. The lowest BCUT2D eigenvalue weighted by molar-refractivity contribution is 0.136. The normalized spacial score (nSPS) is 13.5. The number of nitrogens with two attached hydrogens (primary N) is 1. The Bertz CT molecular complexity index is 866. The van der Waals surface area contributed by atoms with Gasteiger partial charge in [0.15, 0.2) is 11.5 Å². The van der Waals surface area contributed by atoms with Crippen molar-refractivity contribution in [3.8, 4) is 28.7 Å². The first-order valence-electron chi connectivity index (χ1n) is 9.33. The number of ether oxygens (including phenoxy) is 5. The van der Waals surface area contributed by atoms with Gasteiger partial charge in [-0.25, -0.2) is 4.79 Å². The first kappa shape index (κ1) is 23.9. The number of benzene rings is 2. The highest BCUT2D eigenvalue weighted by Crippen LogP contribution is 2.49. The van der Waals surface area contributed by atoms with Gasteiger partial charge in [0, 0.05) is 18.0 Å². The maximum atomic E-state index is 10.6. The average molecular weight is 437 g/mol. The molecule has 0 saturated carbocycles. The second-order valence-electron chi connectivity index (χ2n) is 6.59. The summed E-state index contributed by atoms with van der Waals surface area (Å²) in [6.45, 7) is 0.108. The Hall–Kier alpha value is -3.37. The molecule has 10 heteroatoms. The molecule has 2 aromatic rings. The molecule has 0 amide bonds. The van der Waals surface area contributed by atoms with Crippen molar-refractivity contribution in [2.75, 3.05) is 28.1 Å². The van der Waals surface area contributed by atoms with E-state index in [2.05, 4.69) is 0 Å².